The van der Waals surface area contributed by atoms with Crippen molar-refractivity contribution in [3.05, 3.63) is 35.2 Å². The molecule has 4 aromatic heterocycles. The van der Waals surface area contributed by atoms with Crippen LogP contribution in [0.25, 0.3) is 22.3 Å². The Kier molecular flexibility index (Phi) is 7.04. The van der Waals surface area contributed by atoms with E-state index in [0.29, 0.717) is 11.2 Å². The Labute approximate surface area is 246 Å². The predicted molar refractivity (Wildman–Crippen MR) is 144 cm³/mol. The average Bonchev–Trinajstić information content (AvgIpc) is 3.72. The van der Waals surface area contributed by atoms with Crippen LogP contribution in [0.4, 0.5) is 5.82 Å². The normalized spacial score (nSPS) is 34.4. The number of aromatic amines is 1. The number of aromatic nitrogens is 8. The Bertz CT molecular complexity index is 1970. The van der Waals surface area contributed by atoms with Gasteiger partial charge in [-0.25, -0.2) is 33.7 Å². The van der Waals surface area contributed by atoms with Crippen LogP contribution in [0, 0.1) is 6.92 Å². The van der Waals surface area contributed by atoms with E-state index in [1.807, 2.05) is 0 Å². The summed E-state index contributed by atoms with van der Waals surface area (Å²) in [5.41, 5.74) is 5.87. The van der Waals surface area contributed by atoms with Crippen molar-refractivity contribution in [1.29, 1.82) is 0 Å². The minimum absolute atomic E-state index is 0.0218. The number of aryl methyl sites for hydroxylation is 1. The molecule has 4 aromatic rings. The molecule has 8 atom stereocenters. The zero-order valence-corrected chi connectivity index (χ0v) is 24.2. The fourth-order valence-electron chi connectivity index (χ4n) is 5.38. The van der Waals surface area contributed by atoms with Crippen molar-refractivity contribution in [3.8, 4) is 0 Å². The van der Waals surface area contributed by atoms with Gasteiger partial charge in [-0.05, 0) is 6.92 Å². The second-order valence-electron chi connectivity index (χ2n) is 10.3. The summed E-state index contributed by atoms with van der Waals surface area (Å²) in [6.45, 7) is 0.345. The van der Waals surface area contributed by atoms with Crippen LogP contribution in [0.5, 0.6) is 0 Å². The number of nitrogens with zero attached hydrogens (tertiary/aromatic N) is 7. The lowest BCUT2D eigenvalue weighted by molar-refractivity contribution is -0.0534. The number of H-pyrrole nitrogens is 1. The van der Waals surface area contributed by atoms with Gasteiger partial charge in [0.2, 0.25) is 0 Å². The third kappa shape index (κ3) is 5.17. The number of nitrogens with one attached hydrogen (secondary N) is 2. The second kappa shape index (κ2) is 10.6. The average molecular weight is 657 g/mol. The van der Waals surface area contributed by atoms with E-state index in [1.54, 1.807) is 0 Å². The van der Waals surface area contributed by atoms with Crippen molar-refractivity contribution >= 4 is 46.3 Å². The quantitative estimate of drug-likeness (QED) is 0.148. The van der Waals surface area contributed by atoms with Gasteiger partial charge in [0.1, 0.15) is 48.3 Å². The van der Waals surface area contributed by atoms with Gasteiger partial charge in [-0.2, -0.15) is 13.1 Å². The molecule has 236 valence electrons. The van der Waals surface area contributed by atoms with Gasteiger partial charge >= 0.3 is 18.1 Å². The minimum atomic E-state index is -4.84. The predicted octanol–water partition coefficient (Wildman–Crippen LogP) is -1.87. The van der Waals surface area contributed by atoms with E-state index in [0.717, 1.165) is 0 Å². The van der Waals surface area contributed by atoms with Gasteiger partial charge in [0, 0.05) is 13.0 Å². The van der Waals surface area contributed by atoms with Crippen molar-refractivity contribution < 1.29 is 45.7 Å². The molecular formula is C21H25N10O11PS. The molecule has 0 amide bonds. The summed E-state index contributed by atoms with van der Waals surface area (Å²) in [5.74, 6) is 0.362. The molecule has 2 bridgehead atoms. The van der Waals surface area contributed by atoms with Crippen LogP contribution in [0.2, 0.25) is 0 Å². The van der Waals surface area contributed by atoms with Crippen molar-refractivity contribution in [1.82, 2.24) is 43.8 Å². The summed E-state index contributed by atoms with van der Waals surface area (Å²) < 4.78 is 72.1. The molecule has 3 aliphatic heterocycles. The highest BCUT2D eigenvalue weighted by atomic mass is 32.2. The molecule has 21 nitrogen and oxygen atoms in total. The fourth-order valence-corrected chi connectivity index (χ4v) is 7.28. The summed E-state index contributed by atoms with van der Waals surface area (Å²) in [5, 5.41) is 11.0. The number of rotatable bonds is 2. The number of ether oxygens (including phenoxy) is 2. The summed E-state index contributed by atoms with van der Waals surface area (Å²) in [4.78, 5) is 46.0. The molecule has 44 heavy (non-hydrogen) atoms. The van der Waals surface area contributed by atoms with Crippen LogP contribution in [0.15, 0.2) is 23.8 Å². The molecule has 23 heteroatoms. The molecule has 7 rings (SSSR count). The van der Waals surface area contributed by atoms with Crippen LogP contribution >= 0.6 is 7.82 Å². The molecule has 7 heterocycles. The van der Waals surface area contributed by atoms with Gasteiger partial charge in [-0.1, -0.05) is 0 Å². The van der Waals surface area contributed by atoms with Crippen LogP contribution < -0.4 is 16.0 Å². The number of hydrogen-bond donors (Lipinski definition) is 5. The Balaban J connectivity index is 1.19. The van der Waals surface area contributed by atoms with E-state index in [9.17, 15) is 27.8 Å². The third-order valence-electron chi connectivity index (χ3n) is 7.39. The minimum Gasteiger partial charge on any atom is -0.387 e. The van der Waals surface area contributed by atoms with Gasteiger partial charge in [0.25, 0.3) is 5.56 Å². The zero-order chi connectivity index (χ0) is 31.0. The third-order valence-corrected chi connectivity index (χ3v) is 9.39. The Morgan fingerprint density at radius 2 is 1.84 bits per heavy atom. The molecule has 3 aliphatic rings. The lowest BCUT2D eigenvalue weighted by atomic mass is 10.1. The Morgan fingerprint density at radius 1 is 1.07 bits per heavy atom. The molecule has 0 saturated carbocycles. The molecule has 0 aromatic carbocycles. The molecular weight excluding hydrogens is 631 g/mol. The summed E-state index contributed by atoms with van der Waals surface area (Å²) >= 11 is 0. The Morgan fingerprint density at radius 3 is 2.66 bits per heavy atom. The first kappa shape index (κ1) is 29.3. The molecule has 3 fully saturated rings. The van der Waals surface area contributed by atoms with Crippen LogP contribution in [0.3, 0.4) is 0 Å². The maximum atomic E-state index is 13.2. The monoisotopic (exact) mass is 656 g/mol. The number of aliphatic hydroxyl groups excluding tert-OH is 1. The number of aliphatic hydroxyl groups is 1. The molecule has 3 saturated heterocycles. The summed E-state index contributed by atoms with van der Waals surface area (Å²) in [6.07, 6.45) is -5.49. The van der Waals surface area contributed by atoms with Gasteiger partial charge in [-0.3, -0.25) is 23.0 Å². The SMILES string of the molecule is Cc1nc2c(ncn2C2OC3COP(=O)(O)OC4CC(n5cnc6c(N)ncnc65)OC4CNS(=O)(=O)OC2C3O)c(=O)[nH]1. The highest BCUT2D eigenvalue weighted by Gasteiger charge is 2.51. The molecule has 0 aliphatic carbocycles. The number of hydrogen-bond acceptors (Lipinski definition) is 16. The number of phosphoric ester groups is 1. The number of nitrogens with two attached hydrogens (primary N) is 1. The lowest BCUT2D eigenvalue weighted by Crippen LogP contribution is -2.43. The first-order chi connectivity index (χ1) is 20.9. The smallest absolute Gasteiger partial charge is 0.387 e. The van der Waals surface area contributed by atoms with E-state index in [1.165, 1.54) is 35.0 Å². The summed E-state index contributed by atoms with van der Waals surface area (Å²) in [6, 6.07) is 0. The molecule has 8 unspecified atom stereocenters. The van der Waals surface area contributed by atoms with Crippen LogP contribution in [-0.2, 0) is 37.6 Å². The van der Waals surface area contributed by atoms with Crippen molar-refractivity contribution in [2.24, 2.45) is 0 Å². The number of phosphoric acid groups is 1. The topological polar surface area (TPSA) is 283 Å². The van der Waals surface area contributed by atoms with Crippen molar-refractivity contribution in [2.45, 2.75) is 56.3 Å². The maximum Gasteiger partial charge on any atom is 0.472 e. The van der Waals surface area contributed by atoms with E-state index < -0.39 is 79.8 Å². The fraction of sp³-hybridized carbons (Fsp3) is 0.524. The Hall–Kier alpha value is -3.44. The first-order valence-corrected chi connectivity index (χ1v) is 16.0. The second-order valence-corrected chi connectivity index (χ2v) is 13.0. The van der Waals surface area contributed by atoms with Gasteiger partial charge < -0.3 is 30.2 Å². The van der Waals surface area contributed by atoms with Gasteiger partial charge in [0.05, 0.1) is 19.3 Å². The van der Waals surface area contributed by atoms with E-state index in [2.05, 4.69) is 34.6 Å². The molecule has 0 radical (unpaired) electrons. The largest absolute Gasteiger partial charge is 0.472 e. The molecule has 0 spiro atoms. The number of anilines is 1. The van der Waals surface area contributed by atoms with Crippen molar-refractivity contribution in [3.63, 3.8) is 0 Å². The summed E-state index contributed by atoms with van der Waals surface area (Å²) in [7, 11) is -9.48. The number of imidazole rings is 2. The van der Waals surface area contributed by atoms with Crippen LogP contribution in [-0.4, -0.2) is 101 Å². The number of nitrogen functional groups attached to an aromatic ring is 1. The van der Waals surface area contributed by atoms with Crippen LogP contribution in [0.1, 0.15) is 24.7 Å². The van der Waals surface area contributed by atoms with Gasteiger partial charge in [-0.15, -0.1) is 0 Å². The highest BCUT2D eigenvalue weighted by molar-refractivity contribution is 7.84. The zero-order valence-electron chi connectivity index (χ0n) is 22.5. The number of fused-ring (bicyclic) bond motifs is 5. The lowest BCUT2D eigenvalue weighted by Gasteiger charge is -2.23. The van der Waals surface area contributed by atoms with Crippen molar-refractivity contribution in [2.75, 3.05) is 18.9 Å². The first-order valence-electron chi connectivity index (χ1n) is 13.1. The van der Waals surface area contributed by atoms with E-state index in [-0.39, 0.29) is 29.2 Å². The van der Waals surface area contributed by atoms with Gasteiger partial charge in [0.15, 0.2) is 35.0 Å². The maximum absolute atomic E-state index is 13.2. The van der Waals surface area contributed by atoms with E-state index in [4.69, 9.17) is 28.4 Å². The molecule has 6 N–H and O–H groups in total. The van der Waals surface area contributed by atoms with E-state index >= 15 is 0 Å². The highest BCUT2D eigenvalue weighted by Crippen LogP contribution is 2.49. The standard InChI is InChI=1S/C21H25N10O11PS/c1-8-28-19-14(20(33)29-8)26-7-31(19)21-16-15(32)11(40-21)4-38-43(34,35)41-9-2-12(39-10(9)3-27-44(36,37)42-16)30-6-25-13-17(22)23-5-24-18(13)30/h5-7,9-12,15-16,21,27,32H,2-4H2,1H3,(H,34,35)(H2,22,23,24)(H,28,29,33).